The molecule has 1 atom stereocenters. The van der Waals surface area contributed by atoms with Crippen LogP contribution in [0.4, 0.5) is 5.69 Å². The highest BCUT2D eigenvalue weighted by molar-refractivity contribution is 7.07. The van der Waals surface area contributed by atoms with Crippen molar-refractivity contribution < 1.29 is 0 Å². The van der Waals surface area contributed by atoms with Gasteiger partial charge in [-0.05, 0) is 31.0 Å². The standard InChI is InChI=1S/C14H18ClN3S/c1-10(16)5-11-3-4-13(6-14(11)15)18(2)7-12-8-19-9-17-12/h3-4,6,8-10H,5,7,16H2,1-2H3. The minimum atomic E-state index is 0.121. The Hall–Kier alpha value is -1.10. The van der Waals surface area contributed by atoms with Crippen molar-refractivity contribution in [2.75, 3.05) is 11.9 Å². The Morgan fingerprint density at radius 1 is 1.47 bits per heavy atom. The summed E-state index contributed by atoms with van der Waals surface area (Å²) in [4.78, 5) is 6.42. The van der Waals surface area contributed by atoms with Crippen LogP contribution in [0, 0.1) is 0 Å². The summed E-state index contributed by atoms with van der Waals surface area (Å²) < 4.78 is 0. The number of hydrogen-bond acceptors (Lipinski definition) is 4. The Bertz CT molecular complexity index is 525. The maximum atomic E-state index is 6.30. The molecule has 5 heteroatoms. The lowest BCUT2D eigenvalue weighted by Gasteiger charge is -2.19. The number of halogens is 1. The third-order valence-corrected chi connectivity index (χ3v) is 3.89. The Kier molecular flexibility index (Phi) is 4.80. The van der Waals surface area contributed by atoms with Crippen LogP contribution in [0.2, 0.25) is 5.02 Å². The van der Waals surface area contributed by atoms with Gasteiger partial charge in [0, 0.05) is 29.2 Å². The van der Waals surface area contributed by atoms with Gasteiger partial charge in [0.15, 0.2) is 0 Å². The van der Waals surface area contributed by atoms with Crippen LogP contribution in [0.3, 0.4) is 0 Å². The van der Waals surface area contributed by atoms with Gasteiger partial charge in [-0.15, -0.1) is 11.3 Å². The van der Waals surface area contributed by atoms with Crippen LogP contribution >= 0.6 is 22.9 Å². The van der Waals surface area contributed by atoms with E-state index in [1.54, 1.807) is 11.3 Å². The predicted molar refractivity (Wildman–Crippen MR) is 83.0 cm³/mol. The molecule has 1 aromatic heterocycles. The summed E-state index contributed by atoms with van der Waals surface area (Å²) in [5.74, 6) is 0. The number of rotatable bonds is 5. The second-order valence-electron chi connectivity index (χ2n) is 4.79. The first-order valence-electron chi connectivity index (χ1n) is 6.18. The molecule has 0 bridgehead atoms. The fraction of sp³-hybridized carbons (Fsp3) is 0.357. The molecule has 0 saturated carbocycles. The molecule has 0 spiro atoms. The third kappa shape index (κ3) is 3.93. The molecule has 0 fully saturated rings. The largest absolute Gasteiger partial charge is 0.369 e. The maximum absolute atomic E-state index is 6.30. The summed E-state index contributed by atoms with van der Waals surface area (Å²) in [7, 11) is 2.04. The number of nitrogens with two attached hydrogens (primary N) is 1. The number of aromatic nitrogens is 1. The van der Waals surface area contributed by atoms with Crippen molar-refractivity contribution in [1.29, 1.82) is 0 Å². The molecule has 2 N–H and O–H groups in total. The van der Waals surface area contributed by atoms with Crippen LogP contribution < -0.4 is 10.6 Å². The second-order valence-corrected chi connectivity index (χ2v) is 5.92. The van der Waals surface area contributed by atoms with Crippen LogP contribution in [0.1, 0.15) is 18.2 Å². The average Bonchev–Trinajstić information content (AvgIpc) is 2.84. The molecule has 1 heterocycles. The predicted octanol–water partition coefficient (Wildman–Crippen LogP) is 3.32. The van der Waals surface area contributed by atoms with E-state index in [2.05, 4.69) is 27.4 Å². The Morgan fingerprint density at radius 2 is 2.26 bits per heavy atom. The lowest BCUT2D eigenvalue weighted by molar-refractivity contribution is 0.738. The zero-order valence-electron chi connectivity index (χ0n) is 11.1. The monoisotopic (exact) mass is 295 g/mol. The van der Waals surface area contributed by atoms with E-state index in [1.165, 1.54) is 0 Å². The molecular weight excluding hydrogens is 278 g/mol. The van der Waals surface area contributed by atoms with Crippen molar-refractivity contribution in [1.82, 2.24) is 4.98 Å². The van der Waals surface area contributed by atoms with Crippen LogP contribution in [-0.2, 0) is 13.0 Å². The molecule has 1 unspecified atom stereocenters. The molecular formula is C14H18ClN3S. The Morgan fingerprint density at radius 3 is 2.84 bits per heavy atom. The van der Waals surface area contributed by atoms with E-state index in [-0.39, 0.29) is 6.04 Å². The van der Waals surface area contributed by atoms with Gasteiger partial charge in [0.25, 0.3) is 0 Å². The van der Waals surface area contributed by atoms with E-state index in [9.17, 15) is 0 Å². The van der Waals surface area contributed by atoms with Crippen molar-refractivity contribution >= 4 is 28.6 Å². The highest BCUT2D eigenvalue weighted by atomic mass is 35.5. The number of benzene rings is 1. The SMILES string of the molecule is CC(N)Cc1ccc(N(C)Cc2cscn2)cc1Cl. The number of anilines is 1. The topological polar surface area (TPSA) is 42.1 Å². The smallest absolute Gasteiger partial charge is 0.0795 e. The zero-order chi connectivity index (χ0) is 13.8. The second kappa shape index (κ2) is 6.37. The average molecular weight is 296 g/mol. The van der Waals surface area contributed by atoms with Crippen molar-refractivity contribution in [3.63, 3.8) is 0 Å². The van der Waals surface area contributed by atoms with Gasteiger partial charge in [0.2, 0.25) is 0 Å². The molecule has 0 aliphatic carbocycles. The number of hydrogen-bond donors (Lipinski definition) is 1. The summed E-state index contributed by atoms with van der Waals surface area (Å²) in [5, 5.41) is 2.84. The van der Waals surface area contributed by atoms with Crippen LogP contribution in [-0.4, -0.2) is 18.1 Å². The highest BCUT2D eigenvalue weighted by Gasteiger charge is 2.08. The molecule has 3 nitrogen and oxygen atoms in total. The van der Waals surface area contributed by atoms with Gasteiger partial charge in [-0.1, -0.05) is 17.7 Å². The Labute approximate surface area is 123 Å². The molecule has 19 heavy (non-hydrogen) atoms. The van der Waals surface area contributed by atoms with Gasteiger partial charge in [-0.25, -0.2) is 4.98 Å². The molecule has 0 aliphatic heterocycles. The minimum absolute atomic E-state index is 0.121. The summed E-state index contributed by atoms with van der Waals surface area (Å²) in [6.45, 7) is 2.77. The van der Waals surface area contributed by atoms with E-state index in [0.717, 1.165) is 34.9 Å². The van der Waals surface area contributed by atoms with Gasteiger partial charge in [-0.2, -0.15) is 0 Å². The van der Waals surface area contributed by atoms with E-state index >= 15 is 0 Å². The number of nitrogens with zero attached hydrogens (tertiary/aromatic N) is 2. The molecule has 0 amide bonds. The normalized spacial score (nSPS) is 12.4. The summed E-state index contributed by atoms with van der Waals surface area (Å²) in [6.07, 6.45) is 0.801. The molecule has 0 radical (unpaired) electrons. The maximum Gasteiger partial charge on any atom is 0.0795 e. The highest BCUT2D eigenvalue weighted by Crippen LogP contribution is 2.25. The summed E-state index contributed by atoms with van der Waals surface area (Å²) >= 11 is 7.92. The lowest BCUT2D eigenvalue weighted by Crippen LogP contribution is -2.19. The van der Waals surface area contributed by atoms with Crippen molar-refractivity contribution in [2.24, 2.45) is 5.73 Å². The summed E-state index contributed by atoms with van der Waals surface area (Å²) in [6, 6.07) is 6.25. The first-order chi connectivity index (χ1) is 9.06. The van der Waals surface area contributed by atoms with Gasteiger partial charge in [-0.3, -0.25) is 0 Å². The first-order valence-corrected chi connectivity index (χ1v) is 7.50. The van der Waals surface area contributed by atoms with Gasteiger partial charge in [0.05, 0.1) is 17.7 Å². The van der Waals surface area contributed by atoms with E-state index < -0.39 is 0 Å². The van der Waals surface area contributed by atoms with E-state index in [4.69, 9.17) is 17.3 Å². The van der Waals surface area contributed by atoms with E-state index in [1.807, 2.05) is 25.5 Å². The summed E-state index contributed by atoms with van der Waals surface area (Å²) in [5.41, 5.74) is 10.9. The minimum Gasteiger partial charge on any atom is -0.369 e. The fourth-order valence-electron chi connectivity index (χ4n) is 1.94. The quantitative estimate of drug-likeness (QED) is 0.920. The molecule has 0 aliphatic rings. The van der Waals surface area contributed by atoms with E-state index in [0.29, 0.717) is 0 Å². The Balaban J connectivity index is 2.10. The zero-order valence-corrected chi connectivity index (χ0v) is 12.7. The van der Waals surface area contributed by atoms with Gasteiger partial charge >= 0.3 is 0 Å². The van der Waals surface area contributed by atoms with Crippen molar-refractivity contribution in [3.8, 4) is 0 Å². The van der Waals surface area contributed by atoms with Crippen LogP contribution in [0.25, 0.3) is 0 Å². The van der Waals surface area contributed by atoms with Gasteiger partial charge in [0.1, 0.15) is 0 Å². The third-order valence-electron chi connectivity index (χ3n) is 2.90. The van der Waals surface area contributed by atoms with Crippen molar-refractivity contribution in [3.05, 3.63) is 45.4 Å². The van der Waals surface area contributed by atoms with Gasteiger partial charge < -0.3 is 10.6 Å². The fourth-order valence-corrected chi connectivity index (χ4v) is 2.74. The molecule has 1 aromatic carbocycles. The van der Waals surface area contributed by atoms with Crippen LogP contribution in [0.5, 0.6) is 0 Å². The first kappa shape index (κ1) is 14.3. The molecule has 2 aromatic rings. The lowest BCUT2D eigenvalue weighted by atomic mass is 10.1. The molecule has 102 valence electrons. The molecule has 0 saturated heterocycles. The molecule has 2 rings (SSSR count). The van der Waals surface area contributed by atoms with Crippen LogP contribution in [0.15, 0.2) is 29.1 Å². The van der Waals surface area contributed by atoms with Crippen molar-refractivity contribution in [2.45, 2.75) is 25.9 Å². The number of thiazole rings is 1.